The Morgan fingerprint density at radius 3 is 3.05 bits per heavy atom. The molecular formula is C14H19BrN4O2. The van der Waals surface area contributed by atoms with Crippen molar-refractivity contribution in [3.05, 3.63) is 16.2 Å². The lowest BCUT2D eigenvalue weighted by atomic mass is 10.2. The highest BCUT2D eigenvalue weighted by molar-refractivity contribution is 9.10. The largest absolute Gasteiger partial charge is 0.397 e. The van der Waals surface area contributed by atoms with Crippen LogP contribution in [-0.2, 0) is 9.53 Å². The standard InChI is InChI=1S/C14H19BrN4O2/c1-8-10(16)6-17-13(12(8)15)19-4-5-21-7-11(19)14(20)18-9-2-3-9/h6,9,11H,2-5,7,16H2,1H3,(H,18,20). The summed E-state index contributed by atoms with van der Waals surface area (Å²) in [7, 11) is 0. The first kappa shape index (κ1) is 14.6. The third kappa shape index (κ3) is 2.98. The van der Waals surface area contributed by atoms with Crippen LogP contribution in [0.4, 0.5) is 11.5 Å². The summed E-state index contributed by atoms with van der Waals surface area (Å²) in [5.41, 5.74) is 7.45. The third-order valence-corrected chi connectivity index (χ3v) is 4.86. The maximum Gasteiger partial charge on any atom is 0.245 e. The summed E-state index contributed by atoms with van der Waals surface area (Å²) in [6, 6.07) is -0.00277. The number of aromatic nitrogens is 1. The number of nitrogens with two attached hydrogens (primary N) is 1. The van der Waals surface area contributed by atoms with Gasteiger partial charge in [-0.2, -0.15) is 0 Å². The quantitative estimate of drug-likeness (QED) is 0.852. The Morgan fingerprint density at radius 2 is 2.33 bits per heavy atom. The highest BCUT2D eigenvalue weighted by Crippen LogP contribution is 2.32. The number of nitrogens with one attached hydrogen (secondary N) is 1. The summed E-state index contributed by atoms with van der Waals surface area (Å²) in [6.07, 6.45) is 3.78. The van der Waals surface area contributed by atoms with Crippen LogP contribution in [0.1, 0.15) is 18.4 Å². The zero-order chi connectivity index (χ0) is 15.0. The maximum absolute atomic E-state index is 12.4. The average molecular weight is 355 g/mol. The molecule has 2 aliphatic rings. The van der Waals surface area contributed by atoms with Crippen molar-refractivity contribution in [2.45, 2.75) is 31.8 Å². The van der Waals surface area contributed by atoms with Gasteiger partial charge in [0, 0.05) is 12.6 Å². The lowest BCUT2D eigenvalue weighted by Crippen LogP contribution is -2.54. The normalized spacial score (nSPS) is 22.2. The van der Waals surface area contributed by atoms with E-state index < -0.39 is 0 Å². The molecule has 114 valence electrons. The van der Waals surface area contributed by atoms with E-state index in [1.807, 2.05) is 11.8 Å². The van der Waals surface area contributed by atoms with Gasteiger partial charge in [-0.1, -0.05) is 0 Å². The predicted octanol–water partition coefficient (Wildman–Crippen LogP) is 1.22. The number of morpholine rings is 1. The van der Waals surface area contributed by atoms with E-state index in [9.17, 15) is 4.79 Å². The van der Waals surface area contributed by atoms with Gasteiger partial charge in [0.1, 0.15) is 11.9 Å². The van der Waals surface area contributed by atoms with Gasteiger partial charge < -0.3 is 20.7 Å². The minimum absolute atomic E-state index is 0.0142. The van der Waals surface area contributed by atoms with Crippen LogP contribution in [0.3, 0.4) is 0 Å². The van der Waals surface area contributed by atoms with Gasteiger partial charge in [-0.25, -0.2) is 4.98 Å². The Kier molecular flexibility index (Phi) is 4.03. The highest BCUT2D eigenvalue weighted by Gasteiger charge is 2.34. The van der Waals surface area contributed by atoms with Gasteiger partial charge in [0.15, 0.2) is 0 Å². The molecule has 1 saturated carbocycles. The third-order valence-electron chi connectivity index (χ3n) is 3.91. The van der Waals surface area contributed by atoms with Crippen LogP contribution in [0, 0.1) is 6.92 Å². The number of carbonyl (C=O) groups is 1. The fourth-order valence-corrected chi connectivity index (χ4v) is 2.94. The van der Waals surface area contributed by atoms with Crippen molar-refractivity contribution in [2.24, 2.45) is 0 Å². The molecule has 21 heavy (non-hydrogen) atoms. The van der Waals surface area contributed by atoms with E-state index in [-0.39, 0.29) is 11.9 Å². The molecule has 2 fully saturated rings. The number of ether oxygens (including phenoxy) is 1. The lowest BCUT2D eigenvalue weighted by Gasteiger charge is -2.36. The van der Waals surface area contributed by atoms with Gasteiger partial charge in [-0.05, 0) is 41.3 Å². The number of nitrogen functional groups attached to an aromatic ring is 1. The first-order chi connectivity index (χ1) is 10.1. The number of nitrogens with zero attached hydrogens (tertiary/aromatic N) is 2. The molecule has 1 aliphatic heterocycles. The molecule has 1 aromatic rings. The van der Waals surface area contributed by atoms with E-state index in [4.69, 9.17) is 10.5 Å². The second kappa shape index (κ2) is 5.81. The van der Waals surface area contributed by atoms with E-state index >= 15 is 0 Å². The topological polar surface area (TPSA) is 80.5 Å². The monoisotopic (exact) mass is 354 g/mol. The summed E-state index contributed by atoms with van der Waals surface area (Å²) < 4.78 is 6.32. The van der Waals surface area contributed by atoms with Crippen LogP contribution in [0.5, 0.6) is 0 Å². The van der Waals surface area contributed by atoms with Crippen molar-refractivity contribution in [1.29, 1.82) is 0 Å². The molecule has 0 spiro atoms. The maximum atomic E-state index is 12.4. The Hall–Kier alpha value is -1.34. The summed E-state index contributed by atoms with van der Waals surface area (Å²) >= 11 is 3.55. The Balaban J connectivity index is 1.86. The summed E-state index contributed by atoms with van der Waals surface area (Å²) in [5, 5.41) is 3.04. The molecule has 3 N–H and O–H groups in total. The molecule has 6 nitrogen and oxygen atoms in total. The second-order valence-electron chi connectivity index (χ2n) is 5.54. The fraction of sp³-hybridized carbons (Fsp3) is 0.571. The zero-order valence-corrected chi connectivity index (χ0v) is 13.5. The van der Waals surface area contributed by atoms with Gasteiger partial charge in [0.05, 0.1) is 29.6 Å². The number of hydrogen-bond donors (Lipinski definition) is 2. The van der Waals surface area contributed by atoms with Crippen molar-refractivity contribution in [3.8, 4) is 0 Å². The van der Waals surface area contributed by atoms with E-state index in [2.05, 4.69) is 26.2 Å². The molecular weight excluding hydrogens is 336 g/mol. The number of halogens is 1. The first-order valence-corrected chi connectivity index (χ1v) is 7.92. The molecule has 1 atom stereocenters. The summed E-state index contributed by atoms with van der Waals surface area (Å²) in [6.45, 7) is 3.54. The molecule has 0 bridgehead atoms. The van der Waals surface area contributed by atoms with Crippen LogP contribution in [0.2, 0.25) is 0 Å². The lowest BCUT2D eigenvalue weighted by molar-refractivity contribution is -0.124. The van der Waals surface area contributed by atoms with Crippen molar-refractivity contribution in [2.75, 3.05) is 30.4 Å². The minimum Gasteiger partial charge on any atom is -0.397 e. The highest BCUT2D eigenvalue weighted by atomic mass is 79.9. The molecule has 1 aliphatic carbocycles. The molecule has 1 unspecified atom stereocenters. The van der Waals surface area contributed by atoms with Gasteiger partial charge >= 0.3 is 0 Å². The van der Waals surface area contributed by atoms with E-state index in [0.717, 1.165) is 28.7 Å². The summed E-state index contributed by atoms with van der Waals surface area (Å²) in [5.74, 6) is 0.765. The van der Waals surface area contributed by atoms with Crippen molar-refractivity contribution in [1.82, 2.24) is 10.3 Å². The molecule has 1 amide bonds. The predicted molar refractivity (Wildman–Crippen MR) is 84.2 cm³/mol. The minimum atomic E-state index is -0.342. The number of hydrogen-bond acceptors (Lipinski definition) is 5. The smallest absolute Gasteiger partial charge is 0.245 e. The van der Waals surface area contributed by atoms with Crippen LogP contribution >= 0.6 is 15.9 Å². The first-order valence-electron chi connectivity index (χ1n) is 7.13. The number of amides is 1. The van der Waals surface area contributed by atoms with E-state index in [0.29, 0.717) is 31.5 Å². The van der Waals surface area contributed by atoms with Gasteiger partial charge in [-0.15, -0.1) is 0 Å². The number of rotatable bonds is 3. The molecule has 1 saturated heterocycles. The SMILES string of the molecule is Cc1c(N)cnc(N2CCOCC2C(=O)NC2CC2)c1Br. The molecule has 2 heterocycles. The molecule has 3 rings (SSSR count). The van der Waals surface area contributed by atoms with E-state index in [1.54, 1.807) is 6.20 Å². The molecule has 0 radical (unpaired) electrons. The zero-order valence-electron chi connectivity index (χ0n) is 11.9. The van der Waals surface area contributed by atoms with Gasteiger partial charge in [-0.3, -0.25) is 4.79 Å². The number of carbonyl (C=O) groups excluding carboxylic acids is 1. The second-order valence-corrected chi connectivity index (χ2v) is 6.34. The van der Waals surface area contributed by atoms with Crippen LogP contribution in [0.15, 0.2) is 10.7 Å². The van der Waals surface area contributed by atoms with Crippen molar-refractivity contribution < 1.29 is 9.53 Å². The Bertz CT molecular complexity index is 562. The molecule has 7 heteroatoms. The van der Waals surface area contributed by atoms with Crippen LogP contribution in [0.25, 0.3) is 0 Å². The fourth-order valence-electron chi connectivity index (χ4n) is 2.38. The van der Waals surface area contributed by atoms with Gasteiger partial charge in [0.25, 0.3) is 0 Å². The van der Waals surface area contributed by atoms with Crippen LogP contribution < -0.4 is 16.0 Å². The van der Waals surface area contributed by atoms with Crippen molar-refractivity contribution in [3.63, 3.8) is 0 Å². The Morgan fingerprint density at radius 1 is 1.57 bits per heavy atom. The average Bonchev–Trinajstić information content (AvgIpc) is 3.29. The van der Waals surface area contributed by atoms with Crippen LogP contribution in [-0.4, -0.2) is 42.7 Å². The van der Waals surface area contributed by atoms with E-state index in [1.165, 1.54) is 0 Å². The van der Waals surface area contributed by atoms with Gasteiger partial charge in [0.2, 0.25) is 5.91 Å². The number of anilines is 2. The molecule has 1 aromatic heterocycles. The summed E-state index contributed by atoms with van der Waals surface area (Å²) in [4.78, 5) is 18.8. The molecule has 0 aromatic carbocycles. The Labute approximate surface area is 132 Å². The van der Waals surface area contributed by atoms with Crippen molar-refractivity contribution >= 4 is 33.3 Å². The number of pyridine rings is 1.